The highest BCUT2D eigenvalue weighted by Gasteiger charge is 2.17. The van der Waals surface area contributed by atoms with Crippen LogP contribution in [-0.2, 0) is 25.5 Å². The Bertz CT molecular complexity index is 741. The van der Waals surface area contributed by atoms with Gasteiger partial charge in [-0.2, -0.15) is 13.3 Å². The second-order valence-electron chi connectivity index (χ2n) is 4.11. The number of halogens is 1. The summed E-state index contributed by atoms with van der Waals surface area (Å²) in [6.07, 6.45) is 0. The van der Waals surface area contributed by atoms with E-state index in [1.54, 1.807) is 0 Å². The smallest absolute Gasteiger partial charge is 0.262 e. The minimum atomic E-state index is -3.87. The van der Waals surface area contributed by atoms with Crippen molar-refractivity contribution in [2.24, 2.45) is 0 Å². The summed E-state index contributed by atoms with van der Waals surface area (Å²) < 4.78 is 39.7. The first-order valence-electron chi connectivity index (χ1n) is 5.78. The van der Waals surface area contributed by atoms with Crippen molar-refractivity contribution < 1.29 is 22.1 Å². The molecule has 1 N–H and O–H groups in total. The molecular formula is C13H11ClO5PS+. The molecule has 2 rings (SSSR count). The highest BCUT2D eigenvalue weighted by atomic mass is 35.5. The molecule has 0 aliphatic rings. The van der Waals surface area contributed by atoms with Gasteiger partial charge in [0.15, 0.2) is 0 Å². The average Bonchev–Trinajstić information content (AvgIpc) is 2.46. The van der Waals surface area contributed by atoms with Crippen molar-refractivity contribution >= 4 is 35.1 Å². The third kappa shape index (κ3) is 4.33. The summed E-state index contributed by atoms with van der Waals surface area (Å²) in [5, 5.41) is 0.706. The predicted molar refractivity (Wildman–Crippen MR) is 79.3 cm³/mol. The van der Waals surface area contributed by atoms with Crippen LogP contribution >= 0.6 is 19.6 Å². The van der Waals surface area contributed by atoms with Crippen LogP contribution in [0.5, 0.6) is 0 Å². The quantitative estimate of drug-likeness (QED) is 0.665. The molecule has 0 fully saturated rings. The first-order valence-corrected chi connectivity index (χ1v) is 8.78. The highest BCUT2D eigenvalue weighted by Crippen LogP contribution is 2.18. The van der Waals surface area contributed by atoms with Crippen LogP contribution in [0.1, 0.15) is 5.56 Å². The van der Waals surface area contributed by atoms with E-state index in [9.17, 15) is 13.0 Å². The third-order valence-corrected chi connectivity index (χ3v) is 4.91. The highest BCUT2D eigenvalue weighted by molar-refractivity contribution is 7.86. The maximum Gasteiger partial charge on any atom is 0.546 e. The van der Waals surface area contributed by atoms with Gasteiger partial charge in [-0.05, 0) is 46.5 Å². The van der Waals surface area contributed by atoms with E-state index in [2.05, 4.69) is 0 Å². The monoisotopic (exact) mass is 345 g/mol. The van der Waals surface area contributed by atoms with E-state index >= 15 is 0 Å². The maximum absolute atomic E-state index is 11.9. The molecule has 0 saturated heterocycles. The molecule has 1 unspecified atom stereocenters. The lowest BCUT2D eigenvalue weighted by molar-refractivity contribution is 0.308. The number of hydrogen-bond acceptors (Lipinski definition) is 4. The number of rotatable bonds is 5. The van der Waals surface area contributed by atoms with Crippen LogP contribution in [0.2, 0.25) is 5.02 Å². The van der Waals surface area contributed by atoms with E-state index in [1.807, 2.05) is 0 Å². The second-order valence-corrected chi connectivity index (χ2v) is 7.22. The Morgan fingerprint density at radius 2 is 1.62 bits per heavy atom. The van der Waals surface area contributed by atoms with Gasteiger partial charge >= 0.3 is 8.03 Å². The van der Waals surface area contributed by atoms with Crippen molar-refractivity contribution in [1.82, 2.24) is 0 Å². The lowest BCUT2D eigenvalue weighted by Crippen LogP contribution is -2.07. The van der Waals surface area contributed by atoms with Crippen molar-refractivity contribution in [2.45, 2.75) is 11.5 Å². The Kier molecular flexibility index (Phi) is 5.08. The molecule has 1 atom stereocenters. The van der Waals surface area contributed by atoms with Gasteiger partial charge in [-0.1, -0.05) is 23.7 Å². The average molecular weight is 346 g/mol. The van der Waals surface area contributed by atoms with Gasteiger partial charge in [0.25, 0.3) is 10.1 Å². The largest absolute Gasteiger partial charge is 0.546 e. The van der Waals surface area contributed by atoms with Gasteiger partial charge < -0.3 is 0 Å². The molecule has 0 aliphatic heterocycles. The van der Waals surface area contributed by atoms with E-state index < -0.39 is 18.1 Å². The van der Waals surface area contributed by atoms with Crippen molar-refractivity contribution in [3.63, 3.8) is 0 Å². The summed E-state index contributed by atoms with van der Waals surface area (Å²) >= 11 is 5.69. The van der Waals surface area contributed by atoms with E-state index in [4.69, 9.17) is 20.7 Å². The zero-order valence-electron chi connectivity index (χ0n) is 10.6. The summed E-state index contributed by atoms with van der Waals surface area (Å²) in [6.45, 7) is -0.159. The predicted octanol–water partition coefficient (Wildman–Crippen LogP) is 2.61. The lowest BCUT2D eigenvalue weighted by Gasteiger charge is -2.05. The fourth-order valence-corrected chi connectivity index (χ4v) is 2.96. The Morgan fingerprint density at radius 3 is 2.14 bits per heavy atom. The molecule has 0 spiro atoms. The van der Waals surface area contributed by atoms with Gasteiger partial charge in [0.05, 0.1) is 11.5 Å². The zero-order chi connectivity index (χ0) is 15.5. The van der Waals surface area contributed by atoms with Gasteiger partial charge in [0.2, 0.25) is 5.30 Å². The second kappa shape index (κ2) is 6.64. The molecule has 0 saturated carbocycles. The zero-order valence-corrected chi connectivity index (χ0v) is 13.1. The van der Waals surface area contributed by atoms with Crippen LogP contribution in [0.25, 0.3) is 0 Å². The standard InChI is InChI=1S/C13H10ClO5PS/c14-11-3-7-13(8-4-11)21(17,18)19-9-10-1-5-12(6-2-10)20(15)16/h1-8H,9H2/p+1. The Morgan fingerprint density at radius 1 is 1.05 bits per heavy atom. The summed E-state index contributed by atoms with van der Waals surface area (Å²) in [7, 11) is -6.27. The van der Waals surface area contributed by atoms with E-state index in [0.717, 1.165) is 0 Å². The molecule has 2 aromatic rings. The third-order valence-electron chi connectivity index (χ3n) is 2.64. The molecule has 0 heterocycles. The lowest BCUT2D eigenvalue weighted by atomic mass is 10.2. The Balaban J connectivity index is 2.08. The molecule has 2 aromatic carbocycles. The molecule has 110 valence electrons. The summed E-state index contributed by atoms with van der Waals surface area (Å²) in [6, 6.07) is 11.6. The van der Waals surface area contributed by atoms with Crippen LogP contribution in [0.15, 0.2) is 53.4 Å². The van der Waals surface area contributed by atoms with E-state index in [0.29, 0.717) is 10.6 Å². The molecule has 8 heteroatoms. The first kappa shape index (κ1) is 16.1. The van der Waals surface area contributed by atoms with Gasteiger partial charge in [-0.15, -0.1) is 0 Å². The molecule has 0 aromatic heterocycles. The molecule has 21 heavy (non-hydrogen) atoms. The summed E-state index contributed by atoms with van der Waals surface area (Å²) in [5.41, 5.74) is 0.577. The maximum atomic E-state index is 11.9. The van der Waals surface area contributed by atoms with Gasteiger partial charge in [-0.25, -0.2) is 0 Å². The minimum absolute atomic E-state index is 0.0157. The van der Waals surface area contributed by atoms with Gasteiger partial charge in [-0.3, -0.25) is 4.18 Å². The van der Waals surface area contributed by atoms with Crippen LogP contribution < -0.4 is 5.30 Å². The van der Waals surface area contributed by atoms with Gasteiger partial charge in [0, 0.05) is 5.02 Å². The molecule has 5 nitrogen and oxygen atoms in total. The number of benzene rings is 2. The van der Waals surface area contributed by atoms with E-state index in [1.165, 1.54) is 48.5 Å². The first-order chi connectivity index (χ1) is 9.88. The van der Waals surface area contributed by atoms with Crippen LogP contribution in [-0.4, -0.2) is 13.3 Å². The van der Waals surface area contributed by atoms with Crippen molar-refractivity contribution in [3.05, 3.63) is 59.1 Å². The Labute approximate surface area is 128 Å². The SMILES string of the molecule is O=[P+](O)c1ccc(COS(=O)(=O)c2ccc(Cl)cc2)cc1. The molecular weight excluding hydrogens is 335 g/mol. The van der Waals surface area contributed by atoms with Crippen LogP contribution in [0, 0.1) is 0 Å². The van der Waals surface area contributed by atoms with Crippen LogP contribution in [0.4, 0.5) is 0 Å². The fraction of sp³-hybridized carbons (Fsp3) is 0.0769. The van der Waals surface area contributed by atoms with Crippen LogP contribution in [0.3, 0.4) is 0 Å². The molecule has 0 amide bonds. The normalized spacial score (nSPS) is 12.2. The van der Waals surface area contributed by atoms with Crippen molar-refractivity contribution in [1.29, 1.82) is 0 Å². The summed E-state index contributed by atoms with van der Waals surface area (Å²) in [5.74, 6) is 0. The fourth-order valence-electron chi connectivity index (χ4n) is 1.53. The van der Waals surface area contributed by atoms with Crippen molar-refractivity contribution in [2.75, 3.05) is 0 Å². The minimum Gasteiger partial charge on any atom is -0.262 e. The topological polar surface area (TPSA) is 80.7 Å². The van der Waals surface area contributed by atoms with E-state index in [-0.39, 0.29) is 16.8 Å². The molecule has 0 aliphatic carbocycles. The molecule has 0 radical (unpaired) electrons. The summed E-state index contributed by atoms with van der Waals surface area (Å²) in [4.78, 5) is 8.93. The Hall–Kier alpha value is -1.30. The number of hydrogen-bond donors (Lipinski definition) is 1. The van der Waals surface area contributed by atoms with Crippen molar-refractivity contribution in [3.8, 4) is 0 Å². The van der Waals surface area contributed by atoms with Gasteiger partial charge in [0.1, 0.15) is 0 Å². The molecule has 0 bridgehead atoms.